The zero-order valence-electron chi connectivity index (χ0n) is 12.2. The summed E-state index contributed by atoms with van der Waals surface area (Å²) in [4.78, 5) is 16.4. The first-order valence-corrected chi connectivity index (χ1v) is 7.33. The fourth-order valence-electron chi connectivity index (χ4n) is 2.91. The molecule has 18 heavy (non-hydrogen) atoms. The van der Waals surface area contributed by atoms with Crippen molar-refractivity contribution in [3.63, 3.8) is 0 Å². The Labute approximate surface area is 111 Å². The molecular weight excluding hydrogens is 226 g/mol. The highest BCUT2D eigenvalue weighted by Gasteiger charge is 2.27. The van der Waals surface area contributed by atoms with Gasteiger partial charge in [0.1, 0.15) is 0 Å². The summed E-state index contributed by atoms with van der Waals surface area (Å²) < 4.78 is 0. The molecule has 1 aliphatic carbocycles. The average Bonchev–Trinajstić information content (AvgIpc) is 2.90. The third-order valence-corrected chi connectivity index (χ3v) is 4.28. The van der Waals surface area contributed by atoms with Gasteiger partial charge in [-0.05, 0) is 33.7 Å². The van der Waals surface area contributed by atoms with Crippen molar-refractivity contribution in [2.24, 2.45) is 5.73 Å². The number of carbonyl (C=O) groups excluding carboxylic acids is 1. The Balaban J connectivity index is 2.52. The van der Waals surface area contributed by atoms with Crippen molar-refractivity contribution in [3.05, 3.63) is 0 Å². The third kappa shape index (κ3) is 3.95. The fraction of sp³-hybridized carbons (Fsp3) is 0.929. The van der Waals surface area contributed by atoms with Gasteiger partial charge in [0.15, 0.2) is 0 Å². The van der Waals surface area contributed by atoms with Gasteiger partial charge in [-0.2, -0.15) is 0 Å². The molecule has 1 aliphatic rings. The Kier molecular flexibility index (Phi) is 6.65. The van der Waals surface area contributed by atoms with E-state index in [2.05, 4.69) is 11.9 Å². The summed E-state index contributed by atoms with van der Waals surface area (Å²) in [5, 5.41) is 0. The second-order valence-corrected chi connectivity index (χ2v) is 5.26. The van der Waals surface area contributed by atoms with E-state index in [4.69, 9.17) is 5.73 Å². The van der Waals surface area contributed by atoms with E-state index in [9.17, 15) is 4.79 Å². The number of carbonyl (C=O) groups is 1. The van der Waals surface area contributed by atoms with Crippen molar-refractivity contribution >= 4 is 5.91 Å². The molecule has 1 amide bonds. The molecular formula is C14H29N3O. The molecule has 0 aromatic carbocycles. The van der Waals surface area contributed by atoms with Crippen molar-refractivity contribution in [1.82, 2.24) is 9.80 Å². The Hall–Kier alpha value is -0.610. The lowest BCUT2D eigenvalue weighted by Crippen LogP contribution is -2.46. The van der Waals surface area contributed by atoms with E-state index in [1.807, 2.05) is 18.7 Å². The molecule has 0 spiro atoms. The first kappa shape index (κ1) is 15.4. The smallest absolute Gasteiger partial charge is 0.224 e. The number of likely N-dealkylation sites (N-methyl/N-ethyl adjacent to an activating group) is 1. The molecule has 4 heteroatoms. The van der Waals surface area contributed by atoms with Gasteiger partial charge < -0.3 is 10.6 Å². The molecule has 1 fully saturated rings. The van der Waals surface area contributed by atoms with Gasteiger partial charge >= 0.3 is 0 Å². The largest absolute Gasteiger partial charge is 0.343 e. The van der Waals surface area contributed by atoms with Crippen LogP contribution in [0.25, 0.3) is 0 Å². The molecule has 0 aromatic heterocycles. The molecule has 4 nitrogen and oxygen atoms in total. The molecule has 2 N–H and O–H groups in total. The number of nitrogens with zero attached hydrogens (tertiary/aromatic N) is 2. The predicted molar refractivity (Wildman–Crippen MR) is 75.4 cm³/mol. The van der Waals surface area contributed by atoms with Crippen LogP contribution in [-0.4, -0.2) is 54.5 Å². The highest BCUT2D eigenvalue weighted by atomic mass is 16.2. The van der Waals surface area contributed by atoms with E-state index in [0.717, 1.165) is 13.1 Å². The first-order valence-electron chi connectivity index (χ1n) is 7.33. The molecule has 0 heterocycles. The quantitative estimate of drug-likeness (QED) is 0.749. The van der Waals surface area contributed by atoms with E-state index >= 15 is 0 Å². The molecule has 0 aliphatic heterocycles. The summed E-state index contributed by atoms with van der Waals surface area (Å²) in [5.41, 5.74) is 5.86. The van der Waals surface area contributed by atoms with E-state index in [1.54, 1.807) is 0 Å². The Morgan fingerprint density at radius 1 is 1.28 bits per heavy atom. The van der Waals surface area contributed by atoms with Crippen LogP contribution in [0.4, 0.5) is 0 Å². The minimum absolute atomic E-state index is 0.196. The van der Waals surface area contributed by atoms with E-state index < -0.39 is 0 Å². The zero-order valence-corrected chi connectivity index (χ0v) is 12.2. The van der Waals surface area contributed by atoms with E-state index in [1.165, 1.54) is 25.7 Å². The zero-order chi connectivity index (χ0) is 13.5. The molecule has 1 rings (SSSR count). The molecule has 1 unspecified atom stereocenters. The average molecular weight is 255 g/mol. The van der Waals surface area contributed by atoms with Gasteiger partial charge in [-0.1, -0.05) is 12.8 Å². The summed E-state index contributed by atoms with van der Waals surface area (Å²) in [5.74, 6) is 0.236. The highest BCUT2D eigenvalue weighted by Crippen LogP contribution is 2.24. The molecule has 106 valence electrons. The van der Waals surface area contributed by atoms with E-state index in [-0.39, 0.29) is 11.9 Å². The van der Waals surface area contributed by atoms with Crippen molar-refractivity contribution in [2.75, 3.05) is 26.7 Å². The van der Waals surface area contributed by atoms with Gasteiger partial charge in [0.05, 0.1) is 0 Å². The van der Waals surface area contributed by atoms with Crippen LogP contribution in [0.1, 0.15) is 46.0 Å². The van der Waals surface area contributed by atoms with Crippen LogP contribution >= 0.6 is 0 Å². The summed E-state index contributed by atoms with van der Waals surface area (Å²) in [6.07, 6.45) is 5.71. The standard InChI is InChI=1S/C14H29N3O/c1-4-17(5-2)14(18)10-13(11-15)16(3)12-8-6-7-9-12/h12-13H,4-11,15H2,1-3H3. The van der Waals surface area contributed by atoms with Crippen molar-refractivity contribution < 1.29 is 4.79 Å². The normalized spacial score (nSPS) is 18.3. The number of amides is 1. The summed E-state index contributed by atoms with van der Waals surface area (Å²) >= 11 is 0. The van der Waals surface area contributed by atoms with Crippen LogP contribution in [0.15, 0.2) is 0 Å². The molecule has 0 radical (unpaired) electrons. The maximum absolute atomic E-state index is 12.1. The lowest BCUT2D eigenvalue weighted by Gasteiger charge is -2.33. The minimum Gasteiger partial charge on any atom is -0.343 e. The lowest BCUT2D eigenvalue weighted by atomic mass is 10.1. The maximum atomic E-state index is 12.1. The second-order valence-electron chi connectivity index (χ2n) is 5.26. The second kappa shape index (κ2) is 7.74. The Bertz CT molecular complexity index is 247. The Morgan fingerprint density at radius 3 is 2.28 bits per heavy atom. The van der Waals surface area contributed by atoms with Crippen molar-refractivity contribution in [1.29, 1.82) is 0 Å². The third-order valence-electron chi connectivity index (χ3n) is 4.28. The molecule has 0 saturated heterocycles. The van der Waals surface area contributed by atoms with Gasteiger partial charge in [0.2, 0.25) is 5.91 Å². The monoisotopic (exact) mass is 255 g/mol. The molecule has 0 aromatic rings. The molecule has 1 atom stereocenters. The van der Waals surface area contributed by atoms with Crippen molar-refractivity contribution in [3.8, 4) is 0 Å². The first-order chi connectivity index (χ1) is 8.63. The molecule has 0 bridgehead atoms. The summed E-state index contributed by atoms with van der Waals surface area (Å²) in [6, 6.07) is 0.823. The van der Waals surface area contributed by atoms with Gasteiger partial charge in [0, 0.05) is 38.1 Å². The van der Waals surface area contributed by atoms with E-state index in [0.29, 0.717) is 19.0 Å². The minimum atomic E-state index is 0.196. The SMILES string of the molecule is CCN(CC)C(=O)CC(CN)N(C)C1CCCC1. The van der Waals surface area contributed by atoms with Crippen LogP contribution in [0.2, 0.25) is 0 Å². The number of rotatable bonds is 7. The number of nitrogens with two attached hydrogens (primary N) is 1. The van der Waals surface area contributed by atoms with Gasteiger partial charge in [-0.3, -0.25) is 9.69 Å². The van der Waals surface area contributed by atoms with Crippen LogP contribution in [0, 0.1) is 0 Å². The molecule has 1 saturated carbocycles. The van der Waals surface area contributed by atoms with Gasteiger partial charge in [0.25, 0.3) is 0 Å². The lowest BCUT2D eigenvalue weighted by molar-refractivity contribution is -0.132. The van der Waals surface area contributed by atoms with Crippen molar-refractivity contribution in [2.45, 2.75) is 58.0 Å². The van der Waals surface area contributed by atoms with Crippen LogP contribution < -0.4 is 5.73 Å². The summed E-state index contributed by atoms with van der Waals surface area (Å²) in [7, 11) is 2.13. The fourth-order valence-corrected chi connectivity index (χ4v) is 2.91. The highest BCUT2D eigenvalue weighted by molar-refractivity contribution is 5.76. The maximum Gasteiger partial charge on any atom is 0.224 e. The topological polar surface area (TPSA) is 49.6 Å². The van der Waals surface area contributed by atoms with Crippen LogP contribution in [0.5, 0.6) is 0 Å². The van der Waals surface area contributed by atoms with Gasteiger partial charge in [-0.15, -0.1) is 0 Å². The predicted octanol–water partition coefficient (Wildman–Crippen LogP) is 1.45. The number of hydrogen-bond donors (Lipinski definition) is 1. The van der Waals surface area contributed by atoms with Crippen LogP contribution in [0.3, 0.4) is 0 Å². The van der Waals surface area contributed by atoms with Gasteiger partial charge in [-0.25, -0.2) is 0 Å². The summed E-state index contributed by atoms with van der Waals surface area (Å²) in [6.45, 7) is 6.21. The van der Waals surface area contributed by atoms with Crippen LogP contribution in [-0.2, 0) is 4.79 Å². The number of hydrogen-bond acceptors (Lipinski definition) is 3. The Morgan fingerprint density at radius 2 is 1.83 bits per heavy atom.